The van der Waals surface area contributed by atoms with E-state index in [-0.39, 0.29) is 17.4 Å². The number of ether oxygens (including phenoxy) is 2. The lowest BCUT2D eigenvalue weighted by Crippen LogP contribution is -2.34. The highest BCUT2D eigenvalue weighted by molar-refractivity contribution is 8.18. The molecule has 9 heteroatoms. The van der Waals surface area contributed by atoms with E-state index in [9.17, 15) is 19.2 Å². The van der Waals surface area contributed by atoms with Gasteiger partial charge in [-0.2, -0.15) is 0 Å². The van der Waals surface area contributed by atoms with Crippen molar-refractivity contribution in [1.82, 2.24) is 4.90 Å². The van der Waals surface area contributed by atoms with Crippen LogP contribution in [0.15, 0.2) is 53.4 Å². The molecule has 1 N–H and O–H groups in total. The molecule has 0 aliphatic carbocycles. The van der Waals surface area contributed by atoms with Crippen LogP contribution in [0.1, 0.15) is 11.1 Å². The number of amides is 3. The van der Waals surface area contributed by atoms with Gasteiger partial charge >= 0.3 is 5.97 Å². The number of rotatable bonds is 7. The number of hydrogen-bond acceptors (Lipinski definition) is 7. The summed E-state index contributed by atoms with van der Waals surface area (Å²) in [6.07, 6.45) is 1.55. The number of carbonyl (C=O) groups is 4. The zero-order valence-electron chi connectivity index (χ0n) is 16.9. The van der Waals surface area contributed by atoms with Gasteiger partial charge in [0.1, 0.15) is 12.3 Å². The zero-order valence-corrected chi connectivity index (χ0v) is 17.7. The van der Waals surface area contributed by atoms with E-state index in [0.717, 1.165) is 27.9 Å². The Labute approximate surface area is 183 Å². The normalized spacial score (nSPS) is 14.6. The number of benzene rings is 2. The lowest BCUT2D eigenvalue weighted by atomic mass is 10.2. The average molecular weight is 440 g/mol. The highest BCUT2D eigenvalue weighted by Gasteiger charge is 2.36. The number of para-hydroxylation sites is 1. The van der Waals surface area contributed by atoms with Gasteiger partial charge in [0.25, 0.3) is 17.1 Å². The third-order valence-electron chi connectivity index (χ3n) is 4.36. The van der Waals surface area contributed by atoms with Crippen LogP contribution in [0.25, 0.3) is 6.08 Å². The summed E-state index contributed by atoms with van der Waals surface area (Å²) in [6.45, 7) is 1.33. The summed E-state index contributed by atoms with van der Waals surface area (Å²) >= 11 is 0.756. The SMILES string of the molecule is COC(=O)CN1C(=O)S/C(=C\c2ccc(OCC(=O)Nc3ccccc3C)cc2)C1=O. The molecule has 2 aromatic carbocycles. The van der Waals surface area contributed by atoms with Gasteiger partial charge in [-0.3, -0.25) is 24.1 Å². The molecule has 3 amide bonds. The number of imide groups is 1. The van der Waals surface area contributed by atoms with Gasteiger partial charge in [-0.15, -0.1) is 0 Å². The topological polar surface area (TPSA) is 102 Å². The molecule has 1 aliphatic rings. The van der Waals surface area contributed by atoms with Gasteiger partial charge in [0.15, 0.2) is 6.61 Å². The van der Waals surface area contributed by atoms with Gasteiger partial charge in [-0.25, -0.2) is 0 Å². The molecule has 2 aromatic rings. The number of carbonyl (C=O) groups excluding carboxylic acids is 4. The molecule has 0 bridgehead atoms. The van der Waals surface area contributed by atoms with Crippen molar-refractivity contribution in [2.75, 3.05) is 25.6 Å². The van der Waals surface area contributed by atoms with Crippen LogP contribution >= 0.6 is 11.8 Å². The van der Waals surface area contributed by atoms with E-state index >= 15 is 0 Å². The van der Waals surface area contributed by atoms with Crippen molar-refractivity contribution in [3.63, 3.8) is 0 Å². The van der Waals surface area contributed by atoms with E-state index < -0.39 is 23.7 Å². The summed E-state index contributed by atoms with van der Waals surface area (Å²) in [4.78, 5) is 48.8. The van der Waals surface area contributed by atoms with Gasteiger partial charge in [0.2, 0.25) is 0 Å². The van der Waals surface area contributed by atoms with Crippen molar-refractivity contribution < 1.29 is 28.7 Å². The monoisotopic (exact) mass is 440 g/mol. The molecular formula is C22H20N2O6S. The maximum Gasteiger partial charge on any atom is 0.325 e. The first-order chi connectivity index (χ1) is 14.9. The number of nitrogens with zero attached hydrogens (tertiary/aromatic N) is 1. The van der Waals surface area contributed by atoms with Gasteiger partial charge in [0, 0.05) is 5.69 Å². The van der Waals surface area contributed by atoms with Crippen molar-refractivity contribution in [2.24, 2.45) is 0 Å². The fourth-order valence-electron chi connectivity index (χ4n) is 2.69. The Morgan fingerprint density at radius 1 is 1.10 bits per heavy atom. The highest BCUT2D eigenvalue weighted by atomic mass is 32.2. The first kappa shape index (κ1) is 22.1. The van der Waals surface area contributed by atoms with Crippen LogP contribution < -0.4 is 10.1 Å². The fourth-order valence-corrected chi connectivity index (χ4v) is 3.53. The summed E-state index contributed by atoms with van der Waals surface area (Å²) < 4.78 is 10.00. The average Bonchev–Trinajstić information content (AvgIpc) is 3.02. The molecular weight excluding hydrogens is 420 g/mol. The van der Waals surface area contributed by atoms with E-state index in [1.807, 2.05) is 31.2 Å². The number of methoxy groups -OCH3 is 1. The van der Waals surface area contributed by atoms with Crippen molar-refractivity contribution in [2.45, 2.75) is 6.92 Å². The maximum absolute atomic E-state index is 12.3. The first-order valence-corrected chi connectivity index (χ1v) is 10.1. The van der Waals surface area contributed by atoms with Crippen LogP contribution in [0.4, 0.5) is 10.5 Å². The molecule has 0 unspecified atom stereocenters. The Balaban J connectivity index is 1.57. The van der Waals surface area contributed by atoms with E-state index in [4.69, 9.17) is 4.74 Å². The third-order valence-corrected chi connectivity index (χ3v) is 5.26. The van der Waals surface area contributed by atoms with Crippen LogP contribution in [0, 0.1) is 6.92 Å². The quantitative estimate of drug-likeness (QED) is 0.521. The van der Waals surface area contributed by atoms with Crippen molar-refractivity contribution in [3.05, 3.63) is 64.6 Å². The molecule has 0 atom stereocenters. The van der Waals surface area contributed by atoms with E-state index in [1.165, 1.54) is 7.11 Å². The molecule has 31 heavy (non-hydrogen) atoms. The van der Waals surface area contributed by atoms with E-state index in [2.05, 4.69) is 10.1 Å². The van der Waals surface area contributed by atoms with Crippen LogP contribution in [-0.4, -0.2) is 48.2 Å². The lowest BCUT2D eigenvalue weighted by Gasteiger charge is -2.10. The second-order valence-corrected chi connectivity index (χ2v) is 7.56. The molecule has 8 nitrogen and oxygen atoms in total. The minimum atomic E-state index is -0.670. The molecule has 1 aliphatic heterocycles. The Morgan fingerprint density at radius 2 is 1.81 bits per heavy atom. The summed E-state index contributed by atoms with van der Waals surface area (Å²) in [7, 11) is 1.19. The molecule has 0 radical (unpaired) electrons. The summed E-state index contributed by atoms with van der Waals surface area (Å²) in [6, 6.07) is 14.2. The number of nitrogens with one attached hydrogen (secondary N) is 1. The predicted octanol–water partition coefficient (Wildman–Crippen LogP) is 3.22. The summed E-state index contributed by atoms with van der Waals surface area (Å²) in [5.41, 5.74) is 2.35. The van der Waals surface area contributed by atoms with E-state index in [0.29, 0.717) is 11.3 Å². The number of hydrogen-bond donors (Lipinski definition) is 1. The molecule has 3 rings (SSSR count). The number of esters is 1. The maximum atomic E-state index is 12.3. The Bertz CT molecular complexity index is 1050. The Kier molecular flexibility index (Phi) is 7.09. The Morgan fingerprint density at radius 3 is 2.48 bits per heavy atom. The molecule has 0 aromatic heterocycles. The molecule has 0 spiro atoms. The van der Waals surface area contributed by atoms with Gasteiger partial charge in [-0.1, -0.05) is 30.3 Å². The smallest absolute Gasteiger partial charge is 0.325 e. The van der Waals surface area contributed by atoms with Crippen molar-refractivity contribution in [3.8, 4) is 5.75 Å². The van der Waals surface area contributed by atoms with Gasteiger partial charge < -0.3 is 14.8 Å². The summed E-state index contributed by atoms with van der Waals surface area (Å²) in [5, 5.41) is 2.26. The lowest BCUT2D eigenvalue weighted by molar-refractivity contribution is -0.143. The molecule has 1 fully saturated rings. The van der Waals surface area contributed by atoms with Crippen LogP contribution in [0.3, 0.4) is 0 Å². The van der Waals surface area contributed by atoms with Crippen LogP contribution in [-0.2, 0) is 19.1 Å². The summed E-state index contributed by atoms with van der Waals surface area (Å²) in [5.74, 6) is -1.02. The molecule has 160 valence electrons. The Hall–Kier alpha value is -3.59. The predicted molar refractivity (Wildman–Crippen MR) is 116 cm³/mol. The minimum absolute atomic E-state index is 0.153. The number of thioether (sulfide) groups is 1. The first-order valence-electron chi connectivity index (χ1n) is 9.28. The van der Waals surface area contributed by atoms with Gasteiger partial charge in [0.05, 0.1) is 12.0 Å². The molecule has 1 saturated heterocycles. The second kappa shape index (κ2) is 9.94. The third kappa shape index (κ3) is 5.73. The number of aryl methyl sites for hydroxylation is 1. The number of anilines is 1. The minimum Gasteiger partial charge on any atom is -0.484 e. The van der Waals surface area contributed by atoms with Gasteiger partial charge in [-0.05, 0) is 54.1 Å². The second-order valence-electron chi connectivity index (χ2n) is 6.56. The van der Waals surface area contributed by atoms with Crippen LogP contribution in [0.2, 0.25) is 0 Å². The van der Waals surface area contributed by atoms with Crippen molar-refractivity contribution in [1.29, 1.82) is 0 Å². The van der Waals surface area contributed by atoms with Crippen LogP contribution in [0.5, 0.6) is 5.75 Å². The van der Waals surface area contributed by atoms with E-state index in [1.54, 1.807) is 30.3 Å². The van der Waals surface area contributed by atoms with Crippen molar-refractivity contribution >= 4 is 46.5 Å². The fraction of sp³-hybridized carbons (Fsp3) is 0.182. The standard InChI is InChI=1S/C22H20N2O6S/c1-14-5-3-4-6-17(14)23-19(25)13-30-16-9-7-15(8-10-16)11-18-21(27)24(22(28)31-18)12-20(26)29-2/h3-11H,12-13H2,1-2H3,(H,23,25)/b18-11-. The molecule has 0 saturated carbocycles. The zero-order chi connectivity index (χ0) is 22.4. The molecule has 1 heterocycles. The largest absolute Gasteiger partial charge is 0.484 e. The highest BCUT2D eigenvalue weighted by Crippen LogP contribution is 2.32.